The van der Waals surface area contributed by atoms with Crippen LogP contribution in [0.3, 0.4) is 0 Å². The Bertz CT molecular complexity index is 164. The molecule has 1 rings (SSSR count). The molecule has 1 heterocycles. The van der Waals surface area contributed by atoms with Crippen LogP contribution in [-0.2, 0) is 0 Å². The lowest BCUT2D eigenvalue weighted by Gasteiger charge is -2.31. The predicted molar refractivity (Wildman–Crippen MR) is 62.3 cm³/mol. The molecule has 1 aliphatic rings. The molecule has 0 spiro atoms. The number of nitrogens with two attached hydrogens (primary N) is 1. The van der Waals surface area contributed by atoms with Crippen molar-refractivity contribution in [3.05, 3.63) is 0 Å². The third-order valence-corrected chi connectivity index (χ3v) is 3.89. The summed E-state index contributed by atoms with van der Waals surface area (Å²) in [6, 6.07) is 0. The first kappa shape index (κ1) is 12.0. The highest BCUT2D eigenvalue weighted by Crippen LogP contribution is 2.22. The van der Waals surface area contributed by atoms with E-state index in [4.69, 9.17) is 5.73 Å². The number of rotatable bonds is 5. The van der Waals surface area contributed by atoms with Crippen LogP contribution < -0.4 is 5.73 Å². The fourth-order valence-corrected chi connectivity index (χ4v) is 2.31. The van der Waals surface area contributed by atoms with Gasteiger partial charge in [0.25, 0.3) is 0 Å². The molecule has 0 amide bonds. The van der Waals surface area contributed by atoms with Crippen molar-refractivity contribution in [2.75, 3.05) is 19.6 Å². The van der Waals surface area contributed by atoms with Gasteiger partial charge in [0.1, 0.15) is 0 Å². The van der Waals surface area contributed by atoms with E-state index in [2.05, 4.69) is 25.7 Å². The Hall–Kier alpha value is -0.0800. The molecular formula is C12H26N2. The minimum Gasteiger partial charge on any atom is -0.324 e. The molecule has 0 aromatic carbocycles. The Morgan fingerprint density at radius 2 is 1.93 bits per heavy atom. The Balaban J connectivity index is 2.37. The molecule has 1 unspecified atom stereocenters. The van der Waals surface area contributed by atoms with Crippen LogP contribution >= 0.6 is 0 Å². The van der Waals surface area contributed by atoms with E-state index in [1.807, 2.05) is 0 Å². The zero-order valence-corrected chi connectivity index (χ0v) is 10.1. The van der Waals surface area contributed by atoms with Gasteiger partial charge >= 0.3 is 0 Å². The lowest BCUT2D eigenvalue weighted by Crippen LogP contribution is -2.48. The van der Waals surface area contributed by atoms with Gasteiger partial charge in [-0.1, -0.05) is 27.2 Å². The first-order valence-corrected chi connectivity index (χ1v) is 6.14. The van der Waals surface area contributed by atoms with Gasteiger partial charge in [0.15, 0.2) is 0 Å². The second kappa shape index (κ2) is 5.13. The van der Waals surface area contributed by atoms with E-state index in [0.717, 1.165) is 25.3 Å². The molecule has 2 heteroatoms. The molecule has 1 aliphatic heterocycles. The van der Waals surface area contributed by atoms with E-state index in [1.165, 1.54) is 25.9 Å². The van der Waals surface area contributed by atoms with Gasteiger partial charge in [-0.25, -0.2) is 0 Å². The minimum absolute atomic E-state index is 0.0582. The highest BCUT2D eigenvalue weighted by molar-refractivity contribution is 4.87. The second-order valence-corrected chi connectivity index (χ2v) is 4.87. The molecule has 84 valence electrons. The minimum atomic E-state index is 0.0582. The average molecular weight is 198 g/mol. The maximum absolute atomic E-state index is 6.32. The van der Waals surface area contributed by atoms with E-state index in [0.29, 0.717) is 0 Å². The lowest BCUT2D eigenvalue weighted by molar-refractivity contribution is 0.227. The highest BCUT2D eigenvalue weighted by atomic mass is 15.2. The number of likely N-dealkylation sites (tertiary alicyclic amines) is 1. The van der Waals surface area contributed by atoms with Crippen molar-refractivity contribution in [2.24, 2.45) is 11.7 Å². The Morgan fingerprint density at radius 3 is 2.36 bits per heavy atom. The van der Waals surface area contributed by atoms with Crippen LogP contribution in [0.25, 0.3) is 0 Å². The largest absolute Gasteiger partial charge is 0.324 e. The predicted octanol–water partition coefficient (Wildman–Crippen LogP) is 2.24. The average Bonchev–Trinajstić information content (AvgIpc) is 2.65. The van der Waals surface area contributed by atoms with Crippen LogP contribution in [-0.4, -0.2) is 30.1 Å². The normalized spacial score (nSPS) is 24.4. The van der Waals surface area contributed by atoms with E-state index in [9.17, 15) is 0 Å². The Labute approximate surface area is 88.8 Å². The molecule has 1 saturated heterocycles. The van der Waals surface area contributed by atoms with Crippen LogP contribution in [0.4, 0.5) is 0 Å². The summed E-state index contributed by atoms with van der Waals surface area (Å²) < 4.78 is 0. The SMILES string of the molecule is CCC1CCN(CC(N)(CC)CC)C1. The summed E-state index contributed by atoms with van der Waals surface area (Å²) >= 11 is 0. The molecule has 0 aromatic heterocycles. The molecule has 0 saturated carbocycles. The molecule has 2 nitrogen and oxygen atoms in total. The van der Waals surface area contributed by atoms with Crippen molar-refractivity contribution in [2.45, 2.75) is 52.0 Å². The summed E-state index contributed by atoms with van der Waals surface area (Å²) in [6.45, 7) is 10.3. The monoisotopic (exact) mass is 198 g/mol. The molecular weight excluding hydrogens is 172 g/mol. The van der Waals surface area contributed by atoms with Crippen molar-refractivity contribution in [1.82, 2.24) is 4.90 Å². The molecule has 1 atom stereocenters. The zero-order valence-electron chi connectivity index (χ0n) is 10.1. The van der Waals surface area contributed by atoms with E-state index < -0.39 is 0 Å². The van der Waals surface area contributed by atoms with Gasteiger partial charge in [0.05, 0.1) is 0 Å². The number of hydrogen-bond acceptors (Lipinski definition) is 2. The van der Waals surface area contributed by atoms with Crippen LogP contribution in [0.2, 0.25) is 0 Å². The molecule has 2 N–H and O–H groups in total. The summed E-state index contributed by atoms with van der Waals surface area (Å²) in [7, 11) is 0. The van der Waals surface area contributed by atoms with Crippen molar-refractivity contribution in [1.29, 1.82) is 0 Å². The van der Waals surface area contributed by atoms with Crippen molar-refractivity contribution in [3.8, 4) is 0 Å². The van der Waals surface area contributed by atoms with Crippen LogP contribution in [0, 0.1) is 5.92 Å². The lowest BCUT2D eigenvalue weighted by atomic mass is 9.94. The van der Waals surface area contributed by atoms with Crippen LogP contribution in [0.5, 0.6) is 0 Å². The summed E-state index contributed by atoms with van der Waals surface area (Å²) in [4.78, 5) is 2.56. The van der Waals surface area contributed by atoms with Gasteiger partial charge < -0.3 is 10.6 Å². The van der Waals surface area contributed by atoms with Gasteiger partial charge in [-0.2, -0.15) is 0 Å². The van der Waals surface area contributed by atoms with Crippen LogP contribution in [0.1, 0.15) is 46.5 Å². The number of hydrogen-bond donors (Lipinski definition) is 1. The molecule has 0 bridgehead atoms. The summed E-state index contributed by atoms with van der Waals surface area (Å²) in [5.74, 6) is 0.924. The second-order valence-electron chi connectivity index (χ2n) is 4.87. The molecule has 1 fully saturated rings. The van der Waals surface area contributed by atoms with Crippen molar-refractivity contribution in [3.63, 3.8) is 0 Å². The fourth-order valence-electron chi connectivity index (χ4n) is 2.31. The quantitative estimate of drug-likeness (QED) is 0.734. The summed E-state index contributed by atoms with van der Waals surface area (Å²) in [5.41, 5.74) is 6.38. The molecule has 14 heavy (non-hydrogen) atoms. The third-order valence-electron chi connectivity index (χ3n) is 3.89. The van der Waals surface area contributed by atoms with E-state index in [1.54, 1.807) is 0 Å². The van der Waals surface area contributed by atoms with Gasteiger partial charge in [-0.15, -0.1) is 0 Å². The molecule has 0 aliphatic carbocycles. The van der Waals surface area contributed by atoms with Gasteiger partial charge in [-0.05, 0) is 31.7 Å². The number of nitrogens with zero attached hydrogens (tertiary/aromatic N) is 1. The van der Waals surface area contributed by atoms with E-state index in [-0.39, 0.29) is 5.54 Å². The molecule has 0 radical (unpaired) electrons. The zero-order chi connectivity index (χ0) is 10.6. The van der Waals surface area contributed by atoms with Crippen LogP contribution in [0.15, 0.2) is 0 Å². The third kappa shape index (κ3) is 2.96. The first-order valence-electron chi connectivity index (χ1n) is 6.14. The van der Waals surface area contributed by atoms with Gasteiger partial charge in [0.2, 0.25) is 0 Å². The van der Waals surface area contributed by atoms with E-state index >= 15 is 0 Å². The fraction of sp³-hybridized carbons (Fsp3) is 1.00. The Kier molecular flexibility index (Phi) is 4.39. The Morgan fingerprint density at radius 1 is 1.29 bits per heavy atom. The summed E-state index contributed by atoms with van der Waals surface area (Å²) in [6.07, 6.45) is 4.89. The maximum atomic E-state index is 6.32. The first-order chi connectivity index (χ1) is 6.63. The van der Waals surface area contributed by atoms with Gasteiger partial charge in [-0.3, -0.25) is 0 Å². The standard InChI is InChI=1S/C12H26N2/c1-4-11-7-8-14(9-11)10-12(13,5-2)6-3/h11H,4-10,13H2,1-3H3. The topological polar surface area (TPSA) is 29.3 Å². The van der Waals surface area contributed by atoms with Crippen molar-refractivity contribution < 1.29 is 0 Å². The molecule has 0 aromatic rings. The van der Waals surface area contributed by atoms with Crippen molar-refractivity contribution >= 4 is 0 Å². The maximum Gasteiger partial charge on any atom is 0.0278 e. The highest BCUT2D eigenvalue weighted by Gasteiger charge is 2.28. The smallest absolute Gasteiger partial charge is 0.0278 e. The van der Waals surface area contributed by atoms with Gasteiger partial charge in [0, 0.05) is 18.6 Å². The summed E-state index contributed by atoms with van der Waals surface area (Å²) in [5, 5.41) is 0.